The minimum absolute atomic E-state index is 0.141. The number of anilines is 1. The van der Waals surface area contributed by atoms with Gasteiger partial charge in [-0.25, -0.2) is 8.42 Å². The molecule has 0 unspecified atom stereocenters. The zero-order chi connectivity index (χ0) is 24.7. The molecule has 1 heterocycles. The number of halogens is 1. The van der Waals surface area contributed by atoms with Gasteiger partial charge in [-0.3, -0.25) is 14.0 Å². The molecule has 184 valence electrons. The lowest BCUT2D eigenvalue weighted by molar-refractivity contribution is -0.119. The lowest BCUT2D eigenvalue weighted by atomic mass is 10.0. The van der Waals surface area contributed by atoms with E-state index in [0.717, 1.165) is 34.0 Å². The van der Waals surface area contributed by atoms with Crippen molar-refractivity contribution in [1.82, 2.24) is 10.2 Å². The van der Waals surface area contributed by atoms with Gasteiger partial charge < -0.3 is 5.32 Å². The van der Waals surface area contributed by atoms with Crippen molar-refractivity contribution >= 4 is 37.5 Å². The highest BCUT2D eigenvalue weighted by molar-refractivity contribution is 9.10. The maximum absolute atomic E-state index is 13.4. The maximum atomic E-state index is 13.4. The highest BCUT2D eigenvalue weighted by atomic mass is 79.9. The van der Waals surface area contributed by atoms with E-state index in [9.17, 15) is 13.2 Å². The number of nitrogens with zero attached hydrogens (tertiary/aromatic N) is 2. The molecule has 0 aromatic heterocycles. The molecule has 3 aromatic rings. The first-order valence-electron chi connectivity index (χ1n) is 11.8. The average Bonchev–Trinajstić information content (AvgIpc) is 2.88. The van der Waals surface area contributed by atoms with Crippen molar-refractivity contribution < 1.29 is 13.2 Å². The molecular weight excluding hydrogens is 526 g/mol. The first-order chi connectivity index (χ1) is 16.9. The number of sulfonamides is 1. The van der Waals surface area contributed by atoms with Crippen molar-refractivity contribution in [3.05, 3.63) is 94.5 Å². The number of rotatable bonds is 9. The van der Waals surface area contributed by atoms with Crippen molar-refractivity contribution in [2.24, 2.45) is 0 Å². The van der Waals surface area contributed by atoms with Gasteiger partial charge in [-0.05, 0) is 73.5 Å². The third-order valence-electron chi connectivity index (χ3n) is 6.17. The first kappa shape index (κ1) is 25.4. The fraction of sp³-hybridized carbons (Fsp3) is 0.296. The van der Waals surface area contributed by atoms with Crippen LogP contribution in [0.3, 0.4) is 0 Å². The average molecular weight is 557 g/mol. The van der Waals surface area contributed by atoms with Crippen LogP contribution in [0.15, 0.2) is 88.2 Å². The van der Waals surface area contributed by atoms with E-state index < -0.39 is 10.0 Å². The van der Waals surface area contributed by atoms with Gasteiger partial charge in [-0.2, -0.15) is 0 Å². The number of nitrogens with one attached hydrogen (secondary N) is 1. The Bertz CT molecular complexity index is 1230. The van der Waals surface area contributed by atoms with E-state index in [1.807, 2.05) is 18.2 Å². The normalized spacial score (nSPS) is 14.4. The standard InChI is InChI=1S/C27H30BrN3O3S/c28-24-13-15-25(16-14-24)31(35(33,34)26-11-3-1-4-12-26)21-27(32)29-19-22-9-5-6-10-23(22)20-30-17-7-2-8-18-30/h1,3-6,9-16H,2,7-8,17-21H2,(H,29,32). The Kier molecular flexibility index (Phi) is 8.59. The Hall–Kier alpha value is -2.68. The highest BCUT2D eigenvalue weighted by Gasteiger charge is 2.27. The van der Waals surface area contributed by atoms with Crippen LogP contribution < -0.4 is 9.62 Å². The SMILES string of the molecule is O=C(CN(c1ccc(Br)cc1)S(=O)(=O)c1ccccc1)NCc1ccccc1CN1CCCCC1. The van der Waals surface area contributed by atoms with Crippen LogP contribution in [-0.4, -0.2) is 38.9 Å². The fourth-order valence-electron chi connectivity index (χ4n) is 4.26. The Balaban J connectivity index is 1.49. The molecule has 1 saturated heterocycles. The van der Waals surface area contributed by atoms with Crippen LogP contribution in [0.4, 0.5) is 5.69 Å². The van der Waals surface area contributed by atoms with Crippen molar-refractivity contribution in [1.29, 1.82) is 0 Å². The van der Waals surface area contributed by atoms with Crippen LogP contribution in [0.25, 0.3) is 0 Å². The van der Waals surface area contributed by atoms with Crippen LogP contribution in [0, 0.1) is 0 Å². The molecular formula is C27H30BrN3O3S. The molecule has 1 aliphatic rings. The smallest absolute Gasteiger partial charge is 0.264 e. The number of hydrogen-bond donors (Lipinski definition) is 1. The van der Waals surface area contributed by atoms with Gasteiger partial charge in [0.2, 0.25) is 5.91 Å². The lowest BCUT2D eigenvalue weighted by Crippen LogP contribution is -2.40. The summed E-state index contributed by atoms with van der Waals surface area (Å²) in [6.07, 6.45) is 3.73. The number of amides is 1. The number of likely N-dealkylation sites (tertiary alicyclic amines) is 1. The fourth-order valence-corrected chi connectivity index (χ4v) is 5.97. The van der Waals surface area contributed by atoms with Gasteiger partial charge in [0.15, 0.2) is 0 Å². The third kappa shape index (κ3) is 6.72. The Morgan fingerprint density at radius 3 is 2.17 bits per heavy atom. The molecule has 1 fully saturated rings. The summed E-state index contributed by atoms with van der Waals surface area (Å²) in [6.45, 7) is 3.09. The summed E-state index contributed by atoms with van der Waals surface area (Å²) in [6, 6.07) is 23.2. The molecule has 0 aliphatic carbocycles. The Morgan fingerprint density at radius 1 is 0.857 bits per heavy atom. The molecule has 6 nitrogen and oxygen atoms in total. The molecule has 0 spiro atoms. The number of piperidine rings is 1. The minimum Gasteiger partial charge on any atom is -0.350 e. The topological polar surface area (TPSA) is 69.7 Å². The van der Waals surface area contributed by atoms with Gasteiger partial charge >= 0.3 is 0 Å². The van der Waals surface area contributed by atoms with Gasteiger partial charge in [0.25, 0.3) is 10.0 Å². The van der Waals surface area contributed by atoms with Crippen LogP contribution in [-0.2, 0) is 27.9 Å². The number of benzene rings is 3. The molecule has 1 N–H and O–H groups in total. The Morgan fingerprint density at radius 2 is 1.49 bits per heavy atom. The van der Waals surface area contributed by atoms with Crippen LogP contribution in [0.1, 0.15) is 30.4 Å². The predicted molar refractivity (Wildman–Crippen MR) is 143 cm³/mol. The number of carbonyl (C=O) groups is 1. The summed E-state index contributed by atoms with van der Waals surface area (Å²) >= 11 is 3.38. The van der Waals surface area contributed by atoms with E-state index in [4.69, 9.17) is 0 Å². The summed E-state index contributed by atoms with van der Waals surface area (Å²) in [7, 11) is -3.92. The summed E-state index contributed by atoms with van der Waals surface area (Å²) in [5.74, 6) is -0.361. The molecule has 4 rings (SSSR count). The van der Waals surface area contributed by atoms with E-state index in [1.54, 1.807) is 42.5 Å². The molecule has 1 aliphatic heterocycles. The molecule has 0 radical (unpaired) electrons. The van der Waals surface area contributed by atoms with Crippen LogP contribution in [0.5, 0.6) is 0 Å². The second-order valence-electron chi connectivity index (χ2n) is 8.68. The van der Waals surface area contributed by atoms with Gasteiger partial charge in [0, 0.05) is 17.6 Å². The number of hydrogen-bond acceptors (Lipinski definition) is 4. The monoisotopic (exact) mass is 555 g/mol. The highest BCUT2D eigenvalue weighted by Crippen LogP contribution is 2.25. The largest absolute Gasteiger partial charge is 0.350 e. The lowest BCUT2D eigenvalue weighted by Gasteiger charge is -2.27. The van der Waals surface area contributed by atoms with Crippen LogP contribution >= 0.6 is 15.9 Å². The van der Waals surface area contributed by atoms with Crippen molar-refractivity contribution in [3.63, 3.8) is 0 Å². The van der Waals surface area contributed by atoms with Crippen LogP contribution in [0.2, 0.25) is 0 Å². The quantitative estimate of drug-likeness (QED) is 0.405. The first-order valence-corrected chi connectivity index (χ1v) is 14.1. The van der Waals surface area contributed by atoms with E-state index in [2.05, 4.69) is 32.2 Å². The van der Waals surface area contributed by atoms with E-state index >= 15 is 0 Å². The molecule has 0 bridgehead atoms. The summed E-state index contributed by atoms with van der Waals surface area (Å²) in [5.41, 5.74) is 2.67. The van der Waals surface area contributed by atoms with Gasteiger partial charge in [0.05, 0.1) is 10.6 Å². The van der Waals surface area contributed by atoms with E-state index in [1.165, 1.54) is 37.0 Å². The summed E-state index contributed by atoms with van der Waals surface area (Å²) in [5, 5.41) is 2.94. The zero-order valence-corrected chi connectivity index (χ0v) is 22.0. The second kappa shape index (κ2) is 11.8. The number of carbonyl (C=O) groups excluding carboxylic acids is 1. The predicted octanol–water partition coefficient (Wildman–Crippen LogP) is 4.95. The molecule has 35 heavy (non-hydrogen) atoms. The van der Waals surface area contributed by atoms with E-state index in [-0.39, 0.29) is 17.3 Å². The van der Waals surface area contributed by atoms with Crippen molar-refractivity contribution in [3.8, 4) is 0 Å². The van der Waals surface area contributed by atoms with E-state index in [0.29, 0.717) is 12.2 Å². The second-order valence-corrected chi connectivity index (χ2v) is 11.5. The van der Waals surface area contributed by atoms with Crippen molar-refractivity contribution in [2.45, 2.75) is 37.2 Å². The maximum Gasteiger partial charge on any atom is 0.264 e. The molecule has 8 heteroatoms. The zero-order valence-electron chi connectivity index (χ0n) is 19.6. The Labute approximate surface area is 216 Å². The van der Waals surface area contributed by atoms with Gasteiger partial charge in [-0.1, -0.05) is 64.8 Å². The van der Waals surface area contributed by atoms with Crippen molar-refractivity contribution in [2.75, 3.05) is 23.9 Å². The van der Waals surface area contributed by atoms with Gasteiger partial charge in [0.1, 0.15) is 6.54 Å². The van der Waals surface area contributed by atoms with Gasteiger partial charge in [-0.15, -0.1) is 0 Å². The molecule has 3 aromatic carbocycles. The molecule has 1 amide bonds. The molecule has 0 atom stereocenters. The molecule has 0 saturated carbocycles. The summed E-state index contributed by atoms with van der Waals surface area (Å²) < 4.78 is 28.8. The minimum atomic E-state index is -3.92. The summed E-state index contributed by atoms with van der Waals surface area (Å²) in [4.78, 5) is 15.6. The third-order valence-corrected chi connectivity index (χ3v) is 8.49.